The van der Waals surface area contributed by atoms with Crippen molar-refractivity contribution >= 4 is 46.8 Å². The van der Waals surface area contributed by atoms with Crippen molar-refractivity contribution in [2.75, 3.05) is 52.4 Å². The number of nitrogens with zero attached hydrogens (tertiary/aromatic N) is 4. The minimum absolute atomic E-state index is 0.0437. The third kappa shape index (κ3) is 11.9. The van der Waals surface area contributed by atoms with Crippen LogP contribution in [0, 0.1) is 49.0 Å². The van der Waals surface area contributed by atoms with E-state index < -0.39 is 46.2 Å². The molecule has 4 aromatic rings. The number of fused-ring (bicyclic) bond motifs is 4. The molecule has 16 heteroatoms. The van der Waals surface area contributed by atoms with Crippen LogP contribution in [-0.4, -0.2) is 118 Å². The van der Waals surface area contributed by atoms with E-state index in [0.717, 1.165) is 71.8 Å². The number of nitrogens with one attached hydrogen (secondary N) is 2. The molecular formula is C70H92Cl2F4N6O4. The molecule has 0 saturated carbocycles. The van der Waals surface area contributed by atoms with Gasteiger partial charge < -0.3 is 20.4 Å². The first-order valence-electron chi connectivity index (χ1n) is 30.9. The first kappa shape index (κ1) is 65.4. The lowest BCUT2D eigenvalue weighted by molar-refractivity contribution is -0.138. The molecule has 468 valence electrons. The number of piperidine rings is 2. The Morgan fingerprint density at radius 3 is 1.12 bits per heavy atom. The highest BCUT2D eigenvalue weighted by molar-refractivity contribution is 6.31. The Balaban J connectivity index is 0.000000205. The van der Waals surface area contributed by atoms with E-state index in [0.29, 0.717) is 63.5 Å². The highest BCUT2D eigenvalue weighted by Crippen LogP contribution is 2.61. The normalized spacial score (nSPS) is 25.7. The molecular weight excluding hydrogens is 1140 g/mol. The van der Waals surface area contributed by atoms with Crippen LogP contribution in [0.2, 0.25) is 10.0 Å². The predicted octanol–water partition coefficient (Wildman–Crippen LogP) is 13.8. The van der Waals surface area contributed by atoms with Crippen LogP contribution in [0.4, 0.5) is 17.6 Å². The van der Waals surface area contributed by atoms with Crippen LogP contribution >= 0.6 is 23.2 Å². The van der Waals surface area contributed by atoms with Gasteiger partial charge in [0.2, 0.25) is 23.6 Å². The summed E-state index contributed by atoms with van der Waals surface area (Å²) in [4.78, 5) is 61.3. The molecule has 10 rings (SSSR count). The maximum Gasteiger partial charge on any atom is 0.227 e. The Labute approximate surface area is 518 Å². The van der Waals surface area contributed by atoms with Gasteiger partial charge in [0, 0.05) is 133 Å². The fourth-order valence-electron chi connectivity index (χ4n) is 16.3. The van der Waals surface area contributed by atoms with E-state index in [1.165, 1.54) is 46.5 Å². The second kappa shape index (κ2) is 23.1. The van der Waals surface area contributed by atoms with Crippen LogP contribution in [0.25, 0.3) is 0 Å². The average molecular weight is 1230 g/mol. The molecule has 0 aromatic heterocycles. The largest absolute Gasteiger partial charge is 0.351 e. The molecule has 2 N–H and O–H groups in total. The lowest BCUT2D eigenvalue weighted by Gasteiger charge is -2.46. The molecule has 4 aromatic carbocycles. The summed E-state index contributed by atoms with van der Waals surface area (Å²) >= 11 is 13.4. The zero-order valence-corrected chi connectivity index (χ0v) is 55.2. The van der Waals surface area contributed by atoms with Crippen molar-refractivity contribution in [2.24, 2.45) is 11.8 Å². The third-order valence-corrected chi connectivity index (χ3v) is 22.8. The topological polar surface area (TPSA) is 105 Å². The number of rotatable bonds is 8. The van der Waals surface area contributed by atoms with Gasteiger partial charge in [0.1, 0.15) is 23.3 Å². The number of benzene rings is 4. The first-order valence-corrected chi connectivity index (χ1v) is 31.7. The molecule has 0 radical (unpaired) electrons. The zero-order valence-electron chi connectivity index (χ0n) is 53.7. The van der Waals surface area contributed by atoms with Crippen molar-refractivity contribution in [3.63, 3.8) is 0 Å². The molecule has 0 bridgehead atoms. The third-order valence-electron chi connectivity index (χ3n) is 22.0. The summed E-state index contributed by atoms with van der Waals surface area (Å²) in [7, 11) is 0. The summed E-state index contributed by atoms with van der Waals surface area (Å²) in [6, 6.07) is 16.0. The predicted molar refractivity (Wildman–Crippen MR) is 335 cm³/mol. The van der Waals surface area contributed by atoms with E-state index in [1.54, 1.807) is 13.8 Å². The molecule has 86 heavy (non-hydrogen) atoms. The van der Waals surface area contributed by atoms with Crippen molar-refractivity contribution in [1.29, 1.82) is 0 Å². The number of halogens is 6. The van der Waals surface area contributed by atoms with E-state index in [1.807, 2.05) is 23.6 Å². The molecule has 4 aliphatic heterocycles. The minimum Gasteiger partial charge on any atom is -0.351 e. The summed E-state index contributed by atoms with van der Waals surface area (Å²) in [6.07, 6.45) is 4.87. The highest BCUT2D eigenvalue weighted by Gasteiger charge is 2.60. The van der Waals surface area contributed by atoms with Crippen molar-refractivity contribution in [1.82, 2.24) is 30.2 Å². The molecule has 10 nitrogen and oxygen atoms in total. The quantitative estimate of drug-likeness (QED) is 0.170. The Morgan fingerprint density at radius 2 is 0.826 bits per heavy atom. The second-order valence-electron chi connectivity index (χ2n) is 30.0. The maximum absolute atomic E-state index is 15.0. The molecule has 0 unspecified atom stereocenters. The maximum atomic E-state index is 15.0. The fraction of sp³-hybridized carbons (Fsp3) is 0.600. The summed E-state index contributed by atoms with van der Waals surface area (Å²) in [5.41, 5.74) is 5.32. The molecule has 4 amide bonds. The van der Waals surface area contributed by atoms with Gasteiger partial charge in [0.15, 0.2) is 0 Å². The average Bonchev–Trinajstić information content (AvgIpc) is 1.58. The van der Waals surface area contributed by atoms with Crippen molar-refractivity contribution < 1.29 is 36.7 Å². The van der Waals surface area contributed by atoms with Gasteiger partial charge in [-0.25, -0.2) is 17.6 Å². The van der Waals surface area contributed by atoms with Gasteiger partial charge >= 0.3 is 0 Å². The second-order valence-corrected chi connectivity index (χ2v) is 30.9. The van der Waals surface area contributed by atoms with Gasteiger partial charge in [0.05, 0.1) is 11.8 Å². The van der Waals surface area contributed by atoms with Gasteiger partial charge in [-0.2, -0.15) is 0 Å². The van der Waals surface area contributed by atoms with Crippen LogP contribution in [0.3, 0.4) is 0 Å². The zero-order chi connectivity index (χ0) is 63.4. The van der Waals surface area contributed by atoms with E-state index in [9.17, 15) is 28.0 Å². The van der Waals surface area contributed by atoms with Crippen LogP contribution in [-0.2, 0) is 40.8 Å². The lowest BCUT2D eigenvalue weighted by Crippen LogP contribution is -2.57. The SMILES string of the molecule is CC(=O)NC(C)(C)[C@@]1(C)CC2(CCN(C(=O)[C@@H]3CN(C(C)(C)C)C[C@H]3c3ccc(F)cc3F)CC2)c2cc(C)c(Cl)cc21.CC(=O)NC(C)(C)[C@]1(C)CC2(CCN(C(=O)[C@@H]3CN(C(C)(C)C)C[C@H]3c3ccc(F)cc3F)CC2)c2cc(C)c(Cl)cc21. The molecule has 6 aliphatic rings. The Morgan fingerprint density at radius 1 is 0.500 bits per heavy atom. The number of likely N-dealkylation sites (tertiary alicyclic amines) is 4. The molecule has 2 spiro atoms. The number of amides is 4. The Bertz CT molecular complexity index is 3100. The Hall–Kier alpha value is -5.02. The molecule has 4 saturated heterocycles. The van der Waals surface area contributed by atoms with E-state index >= 15 is 8.78 Å². The van der Waals surface area contributed by atoms with E-state index in [4.69, 9.17) is 23.2 Å². The van der Waals surface area contributed by atoms with E-state index in [2.05, 4.69) is 128 Å². The van der Waals surface area contributed by atoms with Crippen LogP contribution in [0.1, 0.15) is 192 Å². The van der Waals surface area contributed by atoms with E-state index in [-0.39, 0.29) is 68.2 Å². The number of carbonyl (C=O) groups is 4. The van der Waals surface area contributed by atoms with Crippen LogP contribution in [0.5, 0.6) is 0 Å². The molecule has 2 aliphatic carbocycles. The summed E-state index contributed by atoms with van der Waals surface area (Å²) in [5.74, 6) is -3.96. The number of carbonyl (C=O) groups excluding carboxylic acids is 4. The monoisotopic (exact) mass is 1230 g/mol. The number of hydrogen-bond donors (Lipinski definition) is 2. The Kier molecular flexibility index (Phi) is 17.6. The first-order chi connectivity index (χ1) is 39.8. The summed E-state index contributed by atoms with van der Waals surface area (Å²) < 4.78 is 57.6. The van der Waals surface area contributed by atoms with Gasteiger partial charge in [-0.05, 0) is 201 Å². The highest BCUT2D eigenvalue weighted by atomic mass is 35.5. The van der Waals surface area contributed by atoms with Crippen LogP contribution in [0.15, 0.2) is 60.7 Å². The van der Waals surface area contributed by atoms with Crippen LogP contribution < -0.4 is 10.6 Å². The number of hydrogen-bond acceptors (Lipinski definition) is 6. The van der Waals surface area contributed by atoms with Crippen molar-refractivity contribution in [3.8, 4) is 0 Å². The van der Waals surface area contributed by atoms with Gasteiger partial charge in [0.25, 0.3) is 0 Å². The smallest absolute Gasteiger partial charge is 0.227 e. The number of aryl methyl sites for hydroxylation is 2. The van der Waals surface area contributed by atoms with Crippen molar-refractivity contribution in [3.05, 3.63) is 138 Å². The standard InChI is InChI=1S/2C35H46ClF2N3O2/c2*1-21-15-28-27(17-29(21)36)34(8,33(6,7)39-22(2)42)20-35(28)11-13-40(14-12-35)31(43)26-19-41(32(3,4)5)18-25(26)24-10-9-23(37)16-30(24)38/h2*9-10,15-17,25-26H,11-14,18-20H2,1-8H3,(H,39,42)/t25-,26+,34+;25-,26+,34-/m00/s1. The molecule has 4 heterocycles. The summed E-state index contributed by atoms with van der Waals surface area (Å²) in [6.45, 7) is 37.1. The van der Waals surface area contributed by atoms with Gasteiger partial charge in [-0.3, -0.25) is 29.0 Å². The molecule has 6 atom stereocenters. The van der Waals surface area contributed by atoms with Gasteiger partial charge in [-0.1, -0.05) is 61.3 Å². The van der Waals surface area contributed by atoms with Gasteiger partial charge in [-0.15, -0.1) is 0 Å². The van der Waals surface area contributed by atoms with Crippen molar-refractivity contribution in [2.45, 2.75) is 205 Å². The fourth-order valence-corrected chi connectivity index (χ4v) is 16.6. The molecule has 4 fully saturated rings. The lowest BCUT2D eigenvalue weighted by atomic mass is 9.65. The minimum atomic E-state index is -0.613. The summed E-state index contributed by atoms with van der Waals surface area (Å²) in [5, 5.41) is 7.84.